The fourth-order valence-corrected chi connectivity index (χ4v) is 14.0. The smallest absolute Gasteiger partial charge is 0.309 e. The number of aliphatic hydroxyl groups excluding tert-OH is 2. The molecule has 6 N–H and O–H groups in total. The molecule has 2 aliphatic heterocycles. The van der Waals surface area contributed by atoms with E-state index < -0.39 is 42.0 Å². The van der Waals surface area contributed by atoms with E-state index in [1.165, 1.54) is 77.5 Å². The second kappa shape index (κ2) is 56.9. The van der Waals surface area contributed by atoms with Gasteiger partial charge in [0.15, 0.2) is 0 Å². The van der Waals surface area contributed by atoms with Crippen LogP contribution >= 0.6 is 31.9 Å². The number of nitrogens with zero attached hydrogens (tertiary/aromatic N) is 6. The number of hydrogen-bond acceptors (Lipinski definition) is 21. The summed E-state index contributed by atoms with van der Waals surface area (Å²) in [6.45, 7) is 6.67. The van der Waals surface area contributed by atoms with Crippen molar-refractivity contribution in [2.75, 3.05) is 122 Å². The van der Waals surface area contributed by atoms with Crippen LogP contribution in [0.15, 0.2) is 206 Å². The molecule has 0 aromatic heterocycles. The first-order valence-corrected chi connectivity index (χ1v) is 47.0. The largest absolute Gasteiger partial charge is 0.481 e. The first-order chi connectivity index (χ1) is 57.8. The maximum atomic E-state index is 13.1. The lowest BCUT2D eigenvalue weighted by Crippen LogP contribution is -2.39. The third-order valence-electron chi connectivity index (χ3n) is 19.5. The molecule has 27 nitrogen and oxygen atoms in total. The van der Waals surface area contributed by atoms with E-state index in [0.717, 1.165) is 118 Å². The number of methoxy groups -OCH3 is 3. The van der Waals surface area contributed by atoms with Crippen LogP contribution < -0.4 is 10.6 Å². The topological polar surface area (TPSA) is 357 Å². The molecule has 10 rings (SSSR count). The van der Waals surface area contributed by atoms with Crippen LogP contribution in [0.1, 0.15) is 103 Å². The van der Waals surface area contributed by atoms with Crippen molar-refractivity contribution in [1.82, 2.24) is 38.2 Å². The number of aliphatic hydroxyl groups is 2. The van der Waals surface area contributed by atoms with Crippen molar-refractivity contribution in [3.05, 3.63) is 284 Å². The van der Waals surface area contributed by atoms with Crippen LogP contribution in [0.5, 0.6) is 0 Å². The summed E-state index contributed by atoms with van der Waals surface area (Å²) >= 11 is 6.67. The average Bonchev–Trinajstić information content (AvgIpc) is 1.76. The summed E-state index contributed by atoms with van der Waals surface area (Å²) in [6, 6.07) is 65.6. The minimum atomic E-state index is -3.24. The van der Waals surface area contributed by atoms with Gasteiger partial charge in [0.05, 0.1) is 96.9 Å². The van der Waals surface area contributed by atoms with Crippen molar-refractivity contribution in [2.24, 2.45) is 0 Å². The fraction of sp³-hybridized carbons (Fsp3) is 0.400. The van der Waals surface area contributed by atoms with Crippen LogP contribution in [0.3, 0.4) is 0 Å². The number of benzene rings is 8. The Morgan fingerprint density at radius 3 is 0.959 bits per heavy atom. The van der Waals surface area contributed by atoms with Gasteiger partial charge in [-0.25, -0.2) is 38.2 Å². The number of hydrogen-bond donors (Lipinski definition) is 6. The Morgan fingerprint density at radius 1 is 0.415 bits per heavy atom. The lowest BCUT2D eigenvalue weighted by molar-refractivity contribution is -0.140. The average molecular weight is 1880 g/mol. The number of β-amino-alcohol motifs (C(OH)–C–C–N with tert-alkyl or cyclic N) is 2. The summed E-state index contributed by atoms with van der Waals surface area (Å²) in [6.07, 6.45) is 5.99. The van der Waals surface area contributed by atoms with E-state index in [-0.39, 0.29) is 82.7 Å². The van der Waals surface area contributed by atoms with Gasteiger partial charge in [0.1, 0.15) is 0 Å². The molecule has 0 bridgehead atoms. The van der Waals surface area contributed by atoms with Crippen LogP contribution in [-0.4, -0.2) is 251 Å². The first kappa shape index (κ1) is 108. The number of likely N-dealkylation sites (N-methyl/N-ethyl adjacent to an activating group) is 2. The number of rotatable bonds is 33. The lowest BCUT2D eigenvalue weighted by atomic mass is 10.0. The summed E-state index contributed by atoms with van der Waals surface area (Å²) in [5.41, 5.74) is 13.8. The molecule has 2 heterocycles. The molecule has 2 fully saturated rings. The molecule has 8 aromatic rings. The van der Waals surface area contributed by atoms with Gasteiger partial charge in [0.2, 0.25) is 36.0 Å². The molecule has 0 aliphatic carbocycles. The van der Waals surface area contributed by atoms with E-state index in [9.17, 15) is 64.2 Å². The van der Waals surface area contributed by atoms with E-state index in [1.807, 2.05) is 155 Å². The molecule has 33 heteroatoms. The summed E-state index contributed by atoms with van der Waals surface area (Å²) < 4.78 is 85.6. The second-order valence-corrected chi connectivity index (χ2v) is 36.8. The Bertz CT molecular complexity index is 4810. The number of alkyl halides is 2. The number of carboxylic acid groups (broad SMARTS) is 2. The number of carbonyl (C=O) groups is 6. The fourth-order valence-electron chi connectivity index (χ4n) is 12.1. The normalized spacial score (nSPS) is 14.2. The molecule has 0 saturated carbocycles. The molecule has 4 atom stereocenters. The van der Waals surface area contributed by atoms with Crippen LogP contribution in [0.2, 0.25) is 0 Å². The molecular weight excluding hydrogens is 1760 g/mol. The molecule has 2 aliphatic rings. The SMILES string of the molecule is CN(C(=O)Cc1ccc(CN(C)S(C)(=O)=O)cc1)[C@H](CN1CC[C@H](O)C1)c1ccccc1.CN(Cc1ccc(CC(=O)O)cc1)S(C)(=O)=O.CNCc1ccc(CC(=O)OC)cc1.CN[C@H](CN1CC[C@H](O)C1)c1ccccc1.COC(=O)Cc1ccc(CBr)cc1.COC(=O)Cc1ccc(CN(C)S(C)(=O)=O)cc1.O=C(O)Cc1ccc(CBr)cc1.[B]. The quantitative estimate of drug-likeness (QED) is 0.00964. The number of carbonyl (C=O) groups excluding carboxylic acids is 4. The predicted octanol–water partition coefficient (Wildman–Crippen LogP) is 9.65. The van der Waals surface area contributed by atoms with Crippen LogP contribution in [0, 0.1) is 0 Å². The number of amides is 1. The summed E-state index contributed by atoms with van der Waals surface area (Å²) in [5, 5.41) is 44.5. The number of likely N-dealkylation sites (tertiary alicyclic amines) is 2. The maximum Gasteiger partial charge on any atom is 0.309 e. The molecule has 0 unspecified atom stereocenters. The highest BCUT2D eigenvalue weighted by atomic mass is 79.9. The number of nitrogens with one attached hydrogen (secondary N) is 2. The Balaban J connectivity index is 0.000000381. The number of ether oxygens (including phenoxy) is 3. The van der Waals surface area contributed by atoms with E-state index in [4.69, 9.17) is 10.2 Å². The Labute approximate surface area is 746 Å². The number of carboxylic acids is 2. The van der Waals surface area contributed by atoms with E-state index in [1.54, 1.807) is 60.5 Å². The highest BCUT2D eigenvalue weighted by molar-refractivity contribution is 9.08. The van der Waals surface area contributed by atoms with Gasteiger partial charge < -0.3 is 50.2 Å². The molecule has 8 aromatic carbocycles. The van der Waals surface area contributed by atoms with E-state index >= 15 is 0 Å². The predicted molar refractivity (Wildman–Crippen MR) is 489 cm³/mol. The van der Waals surface area contributed by atoms with Crippen molar-refractivity contribution in [2.45, 2.75) is 112 Å². The van der Waals surface area contributed by atoms with Gasteiger partial charge in [-0.3, -0.25) is 38.6 Å². The third kappa shape index (κ3) is 44.0. The standard InChI is InChI=1S/C24H33N3O4S.C13H20N2O.C12H17NO4S.C11H15NO4S.C11H15NO2.C10H11BrO2.C9H9BrO2.B/c1-25(32(3,30)31)16-20-11-9-19(10-12-20)15-24(29)26(2)23(21-7-5-4-6-8-21)18-27-14-13-22(28)17-27;1-14-13(11-5-3-2-4-6-11)10-15-8-7-12(16)9-15;1-13(18(3,15)16)9-11-6-4-10(5-7-11)8-12(14)17-2;1-12(17(2,15)16)8-10-5-3-9(4-6-10)7-11(13)14;1-12-8-10-5-3-9(4-6-10)7-11(13)14-2;1-13-10(12)6-8-2-4-9(7-11)5-3-8;10-6-8-3-1-7(2-4-8)5-9(11)12;/h4-12,22-23,28H,13-18H2,1-3H3;2-6,12-14,16H,7-10H2,1H3;4-7H,8-9H2,1-3H3;3-6H,7-8H2,1-2H3,(H,13,14);3-6,12H,7-8H2,1-2H3;2-5H,6-7H2,1H3;1-4H,5-6H2,(H,11,12);/t22-,23+;12-,13+;;;;;;/m00....../s1. The van der Waals surface area contributed by atoms with Crippen molar-refractivity contribution in [3.8, 4) is 0 Å². The van der Waals surface area contributed by atoms with Crippen molar-refractivity contribution < 1.29 is 88.7 Å². The van der Waals surface area contributed by atoms with Crippen LogP contribution in [0.25, 0.3) is 0 Å². The monoisotopic (exact) mass is 1880 g/mol. The van der Waals surface area contributed by atoms with E-state index in [2.05, 4.69) is 90.8 Å². The number of esters is 3. The summed E-state index contributed by atoms with van der Waals surface area (Å²) in [7, 11) is 4.84. The van der Waals surface area contributed by atoms with E-state index in [0.29, 0.717) is 50.6 Å². The van der Waals surface area contributed by atoms with Crippen molar-refractivity contribution >= 4 is 106 Å². The third-order valence-corrected chi connectivity index (χ3v) is 24.6. The Kier molecular flexibility index (Phi) is 50.0. The number of aliphatic carboxylic acids is 2. The molecular formula is C90H120BBr2N8O19S3. The van der Waals surface area contributed by atoms with Gasteiger partial charge in [-0.2, -0.15) is 0 Å². The molecule has 0 spiro atoms. The molecule has 3 radical (unpaired) electrons. The molecule has 1 amide bonds. The maximum absolute atomic E-state index is 13.1. The highest BCUT2D eigenvalue weighted by Gasteiger charge is 2.29. The number of sulfonamides is 3. The van der Waals surface area contributed by atoms with Gasteiger partial charge >= 0.3 is 29.8 Å². The summed E-state index contributed by atoms with van der Waals surface area (Å²) in [5.74, 6) is -2.36. The van der Waals surface area contributed by atoms with Gasteiger partial charge in [-0.1, -0.05) is 238 Å². The zero-order chi connectivity index (χ0) is 90.5. The minimum absolute atomic E-state index is 0. The zero-order valence-electron chi connectivity index (χ0n) is 72.2. The highest BCUT2D eigenvalue weighted by Crippen LogP contribution is 2.25. The molecule has 669 valence electrons. The first-order valence-electron chi connectivity index (χ1n) is 39.2. The minimum Gasteiger partial charge on any atom is -0.481 e. The van der Waals surface area contributed by atoms with Gasteiger partial charge in [-0.15, -0.1) is 0 Å². The number of halogens is 2. The lowest BCUT2D eigenvalue weighted by Gasteiger charge is -2.32. The van der Waals surface area contributed by atoms with Crippen LogP contribution in [-0.2, 0) is 148 Å². The van der Waals surface area contributed by atoms with Gasteiger partial charge in [0, 0.05) is 119 Å². The second-order valence-electron chi connectivity index (χ2n) is 29.4. The summed E-state index contributed by atoms with van der Waals surface area (Å²) in [4.78, 5) is 73.2. The van der Waals surface area contributed by atoms with Gasteiger partial charge in [0.25, 0.3) is 0 Å². The van der Waals surface area contributed by atoms with Crippen molar-refractivity contribution in [3.63, 3.8) is 0 Å². The van der Waals surface area contributed by atoms with Gasteiger partial charge in [-0.05, 0) is 105 Å². The zero-order valence-corrected chi connectivity index (χ0v) is 77.9. The molecule has 2 saturated heterocycles. The Hall–Kier alpha value is -8.91. The van der Waals surface area contributed by atoms with Crippen molar-refractivity contribution in [1.29, 1.82) is 0 Å². The molecule has 123 heavy (non-hydrogen) atoms. The van der Waals surface area contributed by atoms with Crippen LogP contribution in [0.4, 0.5) is 0 Å². The Morgan fingerprint density at radius 2 is 0.691 bits per heavy atom.